The lowest BCUT2D eigenvalue weighted by Crippen LogP contribution is -2.42. The van der Waals surface area contributed by atoms with Crippen LogP contribution in [0.1, 0.15) is 21.5 Å². The third kappa shape index (κ3) is 3.22. The Bertz CT molecular complexity index is 949. The molecule has 4 nitrogen and oxygen atoms in total. The number of benzene rings is 3. The van der Waals surface area contributed by atoms with Crippen LogP contribution in [-0.2, 0) is 11.2 Å². The number of carbonyl (C=O) groups excluding carboxylic acids is 2. The minimum absolute atomic E-state index is 0.0294. The van der Waals surface area contributed by atoms with Crippen molar-refractivity contribution in [2.75, 3.05) is 16.8 Å². The van der Waals surface area contributed by atoms with Gasteiger partial charge < -0.3 is 5.32 Å². The minimum Gasteiger partial charge on any atom is -0.323 e. The summed E-state index contributed by atoms with van der Waals surface area (Å²) in [5.74, 6) is -0.351. The van der Waals surface area contributed by atoms with E-state index in [-0.39, 0.29) is 18.4 Å². The summed E-state index contributed by atoms with van der Waals surface area (Å²) in [5, 5.41) is 2.80. The van der Waals surface area contributed by atoms with Crippen LogP contribution in [-0.4, -0.2) is 18.4 Å². The van der Waals surface area contributed by atoms with E-state index < -0.39 is 0 Å². The van der Waals surface area contributed by atoms with Gasteiger partial charge in [-0.1, -0.05) is 54.6 Å². The Morgan fingerprint density at radius 3 is 2.27 bits per heavy atom. The predicted molar refractivity (Wildman–Crippen MR) is 102 cm³/mol. The van der Waals surface area contributed by atoms with Crippen molar-refractivity contribution in [3.63, 3.8) is 0 Å². The number of anilines is 2. The first-order chi connectivity index (χ1) is 12.7. The zero-order valence-electron chi connectivity index (χ0n) is 14.2. The van der Waals surface area contributed by atoms with Gasteiger partial charge in [-0.2, -0.15) is 0 Å². The molecule has 0 saturated carbocycles. The molecule has 0 radical (unpaired) electrons. The van der Waals surface area contributed by atoms with Gasteiger partial charge in [0.25, 0.3) is 5.91 Å². The zero-order chi connectivity index (χ0) is 17.9. The summed E-state index contributed by atoms with van der Waals surface area (Å²) in [6, 6.07) is 25.1. The highest BCUT2D eigenvalue weighted by atomic mass is 16.2. The van der Waals surface area contributed by atoms with Crippen LogP contribution in [0.25, 0.3) is 0 Å². The first kappa shape index (κ1) is 16.1. The van der Waals surface area contributed by atoms with Crippen LogP contribution in [0.5, 0.6) is 0 Å². The fourth-order valence-corrected chi connectivity index (χ4v) is 3.17. The molecule has 0 saturated heterocycles. The van der Waals surface area contributed by atoms with Crippen molar-refractivity contribution in [2.24, 2.45) is 0 Å². The average Bonchev–Trinajstić information content (AvgIpc) is 2.68. The van der Waals surface area contributed by atoms with Crippen LogP contribution in [0.2, 0.25) is 0 Å². The maximum atomic E-state index is 12.9. The van der Waals surface area contributed by atoms with Crippen molar-refractivity contribution < 1.29 is 9.59 Å². The fraction of sp³-hybridized carbons (Fsp3) is 0.0909. The van der Waals surface area contributed by atoms with Crippen molar-refractivity contribution in [2.45, 2.75) is 6.42 Å². The average molecular weight is 342 g/mol. The van der Waals surface area contributed by atoms with E-state index >= 15 is 0 Å². The molecule has 0 fully saturated rings. The topological polar surface area (TPSA) is 49.4 Å². The molecule has 0 bridgehead atoms. The number of carbonyl (C=O) groups is 2. The number of hydrogen-bond acceptors (Lipinski definition) is 2. The molecular weight excluding hydrogens is 324 g/mol. The SMILES string of the molecule is O=C1CN(C(=O)c2ccc(Cc3ccccc3)cc2)c2ccccc2N1. The largest absolute Gasteiger partial charge is 0.323 e. The molecular formula is C22H18N2O2. The van der Waals surface area contributed by atoms with Gasteiger partial charge >= 0.3 is 0 Å². The summed E-state index contributed by atoms with van der Waals surface area (Å²) in [6.45, 7) is 0.0294. The van der Waals surface area contributed by atoms with Crippen LogP contribution in [0, 0.1) is 0 Å². The van der Waals surface area contributed by atoms with Gasteiger partial charge in [0, 0.05) is 5.56 Å². The summed E-state index contributed by atoms with van der Waals surface area (Å²) in [4.78, 5) is 26.4. The van der Waals surface area contributed by atoms with Crippen molar-refractivity contribution in [1.29, 1.82) is 0 Å². The Labute approximate surface area is 152 Å². The van der Waals surface area contributed by atoms with E-state index in [9.17, 15) is 9.59 Å². The molecule has 0 atom stereocenters. The van der Waals surface area contributed by atoms with Crippen molar-refractivity contribution in [3.05, 3.63) is 95.6 Å². The molecule has 4 rings (SSSR count). The van der Waals surface area contributed by atoms with Crippen LogP contribution in [0.3, 0.4) is 0 Å². The molecule has 1 aliphatic rings. The molecule has 2 amide bonds. The Hall–Kier alpha value is -3.40. The van der Waals surface area contributed by atoms with Crippen molar-refractivity contribution in [3.8, 4) is 0 Å². The van der Waals surface area contributed by atoms with Gasteiger partial charge in [-0.3, -0.25) is 14.5 Å². The van der Waals surface area contributed by atoms with Crippen molar-refractivity contribution in [1.82, 2.24) is 0 Å². The van der Waals surface area contributed by atoms with Crippen LogP contribution in [0.4, 0.5) is 11.4 Å². The van der Waals surface area contributed by atoms with Gasteiger partial charge in [0.2, 0.25) is 5.91 Å². The highest BCUT2D eigenvalue weighted by Gasteiger charge is 2.27. The minimum atomic E-state index is -0.183. The summed E-state index contributed by atoms with van der Waals surface area (Å²) < 4.78 is 0. The van der Waals surface area contributed by atoms with Gasteiger partial charge in [-0.25, -0.2) is 0 Å². The second kappa shape index (κ2) is 6.84. The van der Waals surface area contributed by atoms with E-state index in [1.165, 1.54) is 10.5 Å². The molecule has 1 N–H and O–H groups in total. The third-order valence-electron chi connectivity index (χ3n) is 4.47. The van der Waals surface area contributed by atoms with Crippen LogP contribution < -0.4 is 10.2 Å². The fourth-order valence-electron chi connectivity index (χ4n) is 3.17. The lowest BCUT2D eigenvalue weighted by atomic mass is 10.0. The lowest BCUT2D eigenvalue weighted by Gasteiger charge is -2.29. The molecule has 128 valence electrons. The smallest absolute Gasteiger partial charge is 0.258 e. The predicted octanol–water partition coefficient (Wildman–Crippen LogP) is 3.88. The van der Waals surface area contributed by atoms with Gasteiger partial charge in [0.05, 0.1) is 11.4 Å². The molecule has 26 heavy (non-hydrogen) atoms. The number of fused-ring (bicyclic) bond motifs is 1. The maximum Gasteiger partial charge on any atom is 0.258 e. The van der Waals surface area contributed by atoms with E-state index in [1.54, 1.807) is 6.07 Å². The zero-order valence-corrected chi connectivity index (χ0v) is 14.2. The standard InChI is InChI=1S/C22H18N2O2/c25-21-15-24(20-9-5-4-8-19(20)23-21)22(26)18-12-10-17(11-13-18)14-16-6-2-1-3-7-16/h1-13H,14-15H2,(H,23,25). The normalized spacial score (nSPS) is 13.1. The summed E-state index contributed by atoms with van der Waals surface area (Å²) in [6.07, 6.45) is 0.824. The monoisotopic (exact) mass is 342 g/mol. The van der Waals surface area contributed by atoms with Gasteiger partial charge in [-0.15, -0.1) is 0 Å². The molecule has 1 heterocycles. The molecule has 0 aromatic heterocycles. The van der Waals surface area contributed by atoms with Gasteiger partial charge in [0.15, 0.2) is 0 Å². The molecule has 0 spiro atoms. The summed E-state index contributed by atoms with van der Waals surface area (Å²) in [5.41, 5.74) is 4.34. The Morgan fingerprint density at radius 2 is 1.50 bits per heavy atom. The number of hydrogen-bond donors (Lipinski definition) is 1. The van der Waals surface area contributed by atoms with E-state index in [0.717, 1.165) is 17.7 Å². The molecule has 0 unspecified atom stereocenters. The summed E-state index contributed by atoms with van der Waals surface area (Å²) in [7, 11) is 0. The second-order valence-electron chi connectivity index (χ2n) is 6.32. The van der Waals surface area contributed by atoms with Gasteiger partial charge in [0.1, 0.15) is 6.54 Å². The number of nitrogens with zero attached hydrogens (tertiary/aromatic N) is 1. The van der Waals surface area contributed by atoms with Crippen LogP contribution in [0.15, 0.2) is 78.9 Å². The van der Waals surface area contributed by atoms with E-state index in [0.29, 0.717) is 11.3 Å². The second-order valence-corrected chi connectivity index (χ2v) is 6.32. The maximum absolute atomic E-state index is 12.9. The Morgan fingerprint density at radius 1 is 0.846 bits per heavy atom. The number of nitrogens with one attached hydrogen (secondary N) is 1. The first-order valence-electron chi connectivity index (χ1n) is 8.54. The van der Waals surface area contributed by atoms with Gasteiger partial charge in [-0.05, 0) is 41.8 Å². The number of rotatable bonds is 3. The molecule has 1 aliphatic heterocycles. The molecule has 4 heteroatoms. The molecule has 3 aromatic carbocycles. The first-order valence-corrected chi connectivity index (χ1v) is 8.54. The highest BCUT2D eigenvalue weighted by Crippen LogP contribution is 2.30. The van der Waals surface area contributed by atoms with Crippen molar-refractivity contribution >= 4 is 23.2 Å². The molecule has 3 aromatic rings. The Balaban J connectivity index is 1.56. The van der Waals surface area contributed by atoms with E-state index in [1.807, 2.05) is 60.7 Å². The number of para-hydroxylation sites is 2. The quantitative estimate of drug-likeness (QED) is 0.785. The number of amides is 2. The van der Waals surface area contributed by atoms with Crippen LogP contribution >= 0.6 is 0 Å². The molecule has 0 aliphatic carbocycles. The highest BCUT2D eigenvalue weighted by molar-refractivity contribution is 6.15. The third-order valence-corrected chi connectivity index (χ3v) is 4.47. The Kier molecular flexibility index (Phi) is 4.23. The van der Waals surface area contributed by atoms with E-state index in [4.69, 9.17) is 0 Å². The lowest BCUT2D eigenvalue weighted by molar-refractivity contribution is -0.115. The van der Waals surface area contributed by atoms with E-state index in [2.05, 4.69) is 17.4 Å². The summed E-state index contributed by atoms with van der Waals surface area (Å²) >= 11 is 0.